The number of carboxylic acids is 1. The van der Waals surface area contributed by atoms with Crippen LogP contribution in [0.4, 0.5) is 0 Å². The van der Waals surface area contributed by atoms with E-state index in [9.17, 15) is 4.79 Å². The molecule has 0 atom stereocenters. The van der Waals surface area contributed by atoms with E-state index in [4.69, 9.17) is 18.4 Å². The molecule has 0 spiro atoms. The molecule has 112 valence electrons. The minimum absolute atomic E-state index is 0.0581. The maximum atomic E-state index is 10.8. The molecule has 0 amide bonds. The first-order valence-electron chi connectivity index (χ1n) is 6.37. The Kier molecular flexibility index (Phi) is 3.57. The predicted molar refractivity (Wildman–Crippen MR) is 73.0 cm³/mol. The van der Waals surface area contributed by atoms with Crippen LogP contribution in [0.25, 0.3) is 23.2 Å². The summed E-state index contributed by atoms with van der Waals surface area (Å²) in [5.41, 5.74) is 0.515. The Morgan fingerprint density at radius 3 is 2.50 bits per heavy atom. The molecule has 3 heterocycles. The fraction of sp³-hybridized carbons (Fsp3) is 0.143. The highest BCUT2D eigenvalue weighted by Crippen LogP contribution is 2.24. The van der Waals surface area contributed by atoms with E-state index in [1.165, 1.54) is 12.5 Å². The molecule has 0 aliphatic carbocycles. The number of carbonyl (C=O) groups is 1. The molecule has 1 N–H and O–H groups in total. The van der Waals surface area contributed by atoms with E-state index < -0.39 is 5.97 Å². The molecule has 0 bridgehead atoms. The van der Waals surface area contributed by atoms with E-state index in [1.54, 1.807) is 6.08 Å². The molecule has 3 aromatic heterocycles. The molecule has 0 fully saturated rings. The summed E-state index contributed by atoms with van der Waals surface area (Å²) in [6.45, 7) is 3.63. The Morgan fingerprint density at radius 1 is 1.09 bits per heavy atom. The number of nitrogens with zero attached hydrogens (tertiary/aromatic N) is 3. The summed E-state index contributed by atoms with van der Waals surface area (Å²) >= 11 is 0. The van der Waals surface area contributed by atoms with Gasteiger partial charge in [0.15, 0.2) is 23.0 Å². The van der Waals surface area contributed by atoms with Crippen LogP contribution < -0.4 is 0 Å². The quantitative estimate of drug-likeness (QED) is 0.691. The highest BCUT2D eigenvalue weighted by Gasteiger charge is 2.17. The Bertz CT molecular complexity index is 814. The molecule has 8 heteroatoms. The second kappa shape index (κ2) is 5.68. The van der Waals surface area contributed by atoms with Crippen molar-refractivity contribution < 1.29 is 23.2 Å². The summed E-state index contributed by atoms with van der Waals surface area (Å²) in [4.78, 5) is 23.0. The summed E-state index contributed by atoms with van der Waals surface area (Å²) in [6, 6.07) is 0. The lowest BCUT2D eigenvalue weighted by molar-refractivity contribution is 0.0690. The van der Waals surface area contributed by atoms with Crippen LogP contribution in [0.2, 0.25) is 0 Å². The topological polar surface area (TPSA) is 115 Å². The average molecular weight is 301 g/mol. The third-order valence-corrected chi connectivity index (χ3v) is 2.78. The van der Waals surface area contributed by atoms with Crippen LogP contribution in [0.15, 0.2) is 44.7 Å². The number of aryl methyl sites for hydroxylation is 1. The van der Waals surface area contributed by atoms with Gasteiger partial charge in [0, 0.05) is 6.42 Å². The second-order valence-corrected chi connectivity index (χ2v) is 4.33. The smallest absolute Gasteiger partial charge is 0.357 e. The van der Waals surface area contributed by atoms with Gasteiger partial charge in [0.25, 0.3) is 0 Å². The Hall–Kier alpha value is -3.16. The summed E-state index contributed by atoms with van der Waals surface area (Å²) in [5, 5.41) is 8.81. The van der Waals surface area contributed by atoms with Gasteiger partial charge in [-0.25, -0.2) is 19.7 Å². The number of rotatable bonds is 6. The molecule has 8 nitrogen and oxygen atoms in total. The Labute approximate surface area is 124 Å². The molecule has 0 aliphatic heterocycles. The van der Waals surface area contributed by atoms with Gasteiger partial charge in [0.05, 0.1) is 0 Å². The van der Waals surface area contributed by atoms with Crippen LogP contribution >= 0.6 is 0 Å². The first-order chi connectivity index (χ1) is 10.7. The van der Waals surface area contributed by atoms with Gasteiger partial charge in [0.1, 0.15) is 18.8 Å². The largest absolute Gasteiger partial charge is 0.476 e. The van der Waals surface area contributed by atoms with Crippen molar-refractivity contribution in [1.82, 2.24) is 15.0 Å². The summed E-state index contributed by atoms with van der Waals surface area (Å²) < 4.78 is 15.6. The number of carboxylic acid groups (broad SMARTS) is 1. The number of aromatic carboxylic acids is 1. The van der Waals surface area contributed by atoms with Crippen molar-refractivity contribution in [2.45, 2.75) is 12.8 Å². The molecule has 0 saturated carbocycles. The third kappa shape index (κ3) is 2.66. The number of hydrogen-bond acceptors (Lipinski definition) is 7. The Morgan fingerprint density at radius 2 is 1.77 bits per heavy atom. The summed E-state index contributed by atoms with van der Waals surface area (Å²) in [5.74, 6) is -0.331. The van der Waals surface area contributed by atoms with Gasteiger partial charge in [-0.15, -0.1) is 6.58 Å². The molecular weight excluding hydrogens is 290 g/mol. The van der Waals surface area contributed by atoms with E-state index in [1.807, 2.05) is 0 Å². The van der Waals surface area contributed by atoms with Crippen molar-refractivity contribution >= 4 is 5.97 Å². The number of hydrogen-bond donors (Lipinski definition) is 1. The minimum atomic E-state index is -1.18. The van der Waals surface area contributed by atoms with Crippen molar-refractivity contribution in [3.63, 3.8) is 0 Å². The average Bonchev–Trinajstić information content (AvgIpc) is 3.22. The van der Waals surface area contributed by atoms with Crippen molar-refractivity contribution in [2.75, 3.05) is 0 Å². The fourth-order valence-corrected chi connectivity index (χ4v) is 1.73. The zero-order valence-electron chi connectivity index (χ0n) is 11.4. The first kappa shape index (κ1) is 13.8. The number of allylic oxidation sites excluding steroid dienone is 1. The zero-order valence-corrected chi connectivity index (χ0v) is 11.4. The lowest BCUT2D eigenvalue weighted by atomic mass is 10.3. The van der Waals surface area contributed by atoms with Crippen LogP contribution in [0, 0.1) is 0 Å². The molecule has 0 radical (unpaired) electrons. The molecular formula is C14H11N3O5. The van der Waals surface area contributed by atoms with Gasteiger partial charge in [-0.05, 0) is 6.42 Å². The van der Waals surface area contributed by atoms with Gasteiger partial charge in [0.2, 0.25) is 11.8 Å². The van der Waals surface area contributed by atoms with E-state index >= 15 is 0 Å². The van der Waals surface area contributed by atoms with Crippen LogP contribution in [-0.2, 0) is 6.42 Å². The number of aromatic nitrogens is 3. The van der Waals surface area contributed by atoms with Crippen molar-refractivity contribution in [3.8, 4) is 23.2 Å². The predicted octanol–water partition coefficient (Wildman–Crippen LogP) is 2.80. The second-order valence-electron chi connectivity index (χ2n) is 4.33. The van der Waals surface area contributed by atoms with Gasteiger partial charge in [-0.2, -0.15) is 0 Å². The van der Waals surface area contributed by atoms with Crippen LogP contribution in [0.1, 0.15) is 22.8 Å². The minimum Gasteiger partial charge on any atom is -0.476 e. The van der Waals surface area contributed by atoms with E-state index in [0.717, 1.165) is 12.7 Å². The van der Waals surface area contributed by atoms with E-state index in [2.05, 4.69) is 21.5 Å². The zero-order chi connectivity index (χ0) is 15.5. The standard InChI is InChI=1S/C14H11N3O5/c1-2-3-4-11-15-8(5-20-11)12-16-9(6-21-12)13-17-10(7-22-13)14(18)19/h2,5-7H,1,3-4H2,(H,18,19). The highest BCUT2D eigenvalue weighted by molar-refractivity contribution is 5.85. The third-order valence-electron chi connectivity index (χ3n) is 2.78. The van der Waals surface area contributed by atoms with Crippen LogP contribution in [0.5, 0.6) is 0 Å². The monoisotopic (exact) mass is 301 g/mol. The van der Waals surface area contributed by atoms with Gasteiger partial charge in [-0.1, -0.05) is 6.08 Å². The maximum absolute atomic E-state index is 10.8. The molecule has 0 saturated heterocycles. The normalized spacial score (nSPS) is 10.7. The molecule has 0 aliphatic rings. The van der Waals surface area contributed by atoms with Gasteiger partial charge >= 0.3 is 5.97 Å². The molecule has 0 unspecified atom stereocenters. The molecule has 0 aromatic carbocycles. The summed E-state index contributed by atoms with van der Waals surface area (Å²) in [7, 11) is 0. The van der Waals surface area contributed by atoms with E-state index in [-0.39, 0.29) is 23.2 Å². The first-order valence-corrected chi connectivity index (χ1v) is 6.37. The number of oxazole rings is 3. The van der Waals surface area contributed by atoms with Crippen molar-refractivity contribution in [2.24, 2.45) is 0 Å². The SMILES string of the molecule is C=CCCc1nc(-c2nc(-c3nc(C(=O)O)co3)co2)co1. The van der Waals surface area contributed by atoms with Gasteiger partial charge in [-0.3, -0.25) is 0 Å². The van der Waals surface area contributed by atoms with Crippen molar-refractivity contribution in [3.05, 3.63) is 43.0 Å². The van der Waals surface area contributed by atoms with Crippen LogP contribution in [-0.4, -0.2) is 26.0 Å². The molecule has 3 aromatic rings. The fourth-order valence-electron chi connectivity index (χ4n) is 1.73. The highest BCUT2D eigenvalue weighted by atomic mass is 16.4. The van der Waals surface area contributed by atoms with Crippen LogP contribution in [0.3, 0.4) is 0 Å². The lowest BCUT2D eigenvalue weighted by Crippen LogP contribution is -1.95. The summed E-state index contributed by atoms with van der Waals surface area (Å²) in [6.07, 6.45) is 6.95. The molecule has 22 heavy (non-hydrogen) atoms. The maximum Gasteiger partial charge on any atom is 0.357 e. The van der Waals surface area contributed by atoms with Gasteiger partial charge < -0.3 is 18.4 Å². The lowest BCUT2D eigenvalue weighted by Gasteiger charge is -1.87. The van der Waals surface area contributed by atoms with Crippen molar-refractivity contribution in [1.29, 1.82) is 0 Å². The molecule has 3 rings (SSSR count). The Balaban J connectivity index is 1.82. The van der Waals surface area contributed by atoms with E-state index in [0.29, 0.717) is 18.0 Å².